The number of aromatic nitrogens is 5. The van der Waals surface area contributed by atoms with E-state index in [9.17, 15) is 4.79 Å². The third-order valence-electron chi connectivity index (χ3n) is 4.99. The Morgan fingerprint density at radius 3 is 2.60 bits per heavy atom. The van der Waals surface area contributed by atoms with Gasteiger partial charge in [-0.2, -0.15) is 0 Å². The largest absolute Gasteiger partial charge is 0.484 e. The zero-order valence-electron chi connectivity index (χ0n) is 17.2. The molecular formula is C22H24N6O2. The van der Waals surface area contributed by atoms with Gasteiger partial charge in [0.25, 0.3) is 5.91 Å². The predicted octanol–water partition coefficient (Wildman–Crippen LogP) is 3.05. The lowest BCUT2D eigenvalue weighted by atomic mass is 10.0. The number of para-hydroxylation sites is 2. The Labute approximate surface area is 174 Å². The first-order chi connectivity index (χ1) is 14.5. The minimum absolute atomic E-state index is 0.0845. The van der Waals surface area contributed by atoms with E-state index in [-0.39, 0.29) is 24.5 Å². The van der Waals surface area contributed by atoms with Crippen LogP contribution < -0.4 is 10.1 Å². The molecule has 2 heterocycles. The van der Waals surface area contributed by atoms with Crippen LogP contribution in [0.3, 0.4) is 0 Å². The van der Waals surface area contributed by atoms with Gasteiger partial charge in [0.05, 0.1) is 22.8 Å². The number of benzene rings is 2. The summed E-state index contributed by atoms with van der Waals surface area (Å²) in [5, 5.41) is 10.7. The van der Waals surface area contributed by atoms with Crippen LogP contribution >= 0.6 is 0 Å². The van der Waals surface area contributed by atoms with Gasteiger partial charge in [-0.1, -0.05) is 32.0 Å². The normalized spacial score (nSPS) is 12.3. The molecule has 0 aliphatic carbocycles. The molecule has 30 heavy (non-hydrogen) atoms. The summed E-state index contributed by atoms with van der Waals surface area (Å²) in [4.78, 5) is 17.4. The second-order valence-electron chi connectivity index (χ2n) is 7.46. The van der Waals surface area contributed by atoms with Gasteiger partial charge in [-0.05, 0) is 30.2 Å². The molecule has 0 saturated carbocycles. The number of rotatable bonds is 7. The fourth-order valence-corrected chi connectivity index (χ4v) is 3.40. The lowest BCUT2D eigenvalue weighted by Gasteiger charge is -2.22. The Kier molecular flexibility index (Phi) is 5.47. The van der Waals surface area contributed by atoms with Crippen LogP contribution in [-0.2, 0) is 11.8 Å². The van der Waals surface area contributed by atoms with E-state index in [4.69, 9.17) is 9.72 Å². The van der Waals surface area contributed by atoms with Crippen LogP contribution in [0.4, 0.5) is 0 Å². The molecule has 1 atom stereocenters. The maximum absolute atomic E-state index is 12.6. The number of carbonyl (C=O) groups excluding carboxylic acids is 1. The van der Waals surface area contributed by atoms with Crippen molar-refractivity contribution in [3.05, 3.63) is 67.0 Å². The van der Waals surface area contributed by atoms with Crippen molar-refractivity contribution >= 4 is 16.9 Å². The summed E-state index contributed by atoms with van der Waals surface area (Å²) in [7, 11) is 1.97. The highest BCUT2D eigenvalue weighted by molar-refractivity contribution is 5.79. The van der Waals surface area contributed by atoms with Crippen LogP contribution in [0.15, 0.2) is 61.2 Å². The third-order valence-corrected chi connectivity index (χ3v) is 4.99. The SMILES string of the molecule is CC(C)C(NC(=O)COc1cccc(-n2cnnc2)c1)c1nc2ccccc2n1C. The van der Waals surface area contributed by atoms with Gasteiger partial charge in [0.1, 0.15) is 24.2 Å². The van der Waals surface area contributed by atoms with E-state index in [1.165, 1.54) is 0 Å². The molecule has 1 N–H and O–H groups in total. The molecule has 4 aromatic rings. The molecular weight excluding hydrogens is 380 g/mol. The monoisotopic (exact) mass is 404 g/mol. The van der Waals surface area contributed by atoms with Gasteiger partial charge in [-0.3, -0.25) is 9.36 Å². The molecule has 8 heteroatoms. The van der Waals surface area contributed by atoms with E-state index in [2.05, 4.69) is 29.4 Å². The first kappa shape index (κ1) is 19.6. The second kappa shape index (κ2) is 8.36. The fraction of sp³-hybridized carbons (Fsp3) is 0.273. The molecule has 2 aromatic heterocycles. The number of amides is 1. The van der Waals surface area contributed by atoms with E-state index < -0.39 is 0 Å². The van der Waals surface area contributed by atoms with Gasteiger partial charge in [-0.25, -0.2) is 4.98 Å². The lowest BCUT2D eigenvalue weighted by Crippen LogP contribution is -2.36. The molecule has 0 aliphatic heterocycles. The summed E-state index contributed by atoms with van der Waals surface area (Å²) in [6.45, 7) is 4.04. The van der Waals surface area contributed by atoms with E-state index >= 15 is 0 Å². The number of hydrogen-bond acceptors (Lipinski definition) is 5. The number of aryl methyl sites for hydroxylation is 1. The van der Waals surface area contributed by atoms with Crippen molar-refractivity contribution in [2.24, 2.45) is 13.0 Å². The summed E-state index contributed by atoms with van der Waals surface area (Å²) in [5.74, 6) is 1.39. The molecule has 0 radical (unpaired) electrons. The predicted molar refractivity (Wildman–Crippen MR) is 113 cm³/mol. The Hall–Kier alpha value is -3.68. The maximum Gasteiger partial charge on any atom is 0.258 e. The molecule has 8 nitrogen and oxygen atoms in total. The van der Waals surface area contributed by atoms with Crippen molar-refractivity contribution in [1.29, 1.82) is 0 Å². The van der Waals surface area contributed by atoms with Crippen molar-refractivity contribution in [2.75, 3.05) is 6.61 Å². The third kappa shape index (κ3) is 4.03. The van der Waals surface area contributed by atoms with Crippen molar-refractivity contribution in [3.8, 4) is 11.4 Å². The van der Waals surface area contributed by atoms with Crippen LogP contribution in [-0.4, -0.2) is 36.8 Å². The number of nitrogens with one attached hydrogen (secondary N) is 1. The van der Waals surface area contributed by atoms with Crippen molar-refractivity contribution < 1.29 is 9.53 Å². The number of fused-ring (bicyclic) bond motifs is 1. The first-order valence-electron chi connectivity index (χ1n) is 9.81. The van der Waals surface area contributed by atoms with Gasteiger partial charge >= 0.3 is 0 Å². The van der Waals surface area contributed by atoms with Crippen LogP contribution in [0.2, 0.25) is 0 Å². The number of imidazole rings is 1. The lowest BCUT2D eigenvalue weighted by molar-refractivity contribution is -0.124. The standard InChI is InChI=1S/C22H24N6O2/c1-15(2)21(22-25-18-9-4-5-10-19(18)27(22)3)26-20(29)12-30-17-8-6-7-16(11-17)28-13-23-24-14-28/h4-11,13-15,21H,12H2,1-3H3,(H,26,29). The molecule has 2 aromatic carbocycles. The zero-order chi connectivity index (χ0) is 21.1. The molecule has 0 saturated heterocycles. The van der Waals surface area contributed by atoms with E-state index in [0.717, 1.165) is 22.5 Å². The summed E-state index contributed by atoms with van der Waals surface area (Å²) < 4.78 is 9.52. The topological polar surface area (TPSA) is 86.9 Å². The Balaban J connectivity index is 1.45. The van der Waals surface area contributed by atoms with Crippen LogP contribution in [0.5, 0.6) is 5.75 Å². The molecule has 1 unspecified atom stereocenters. The molecule has 154 valence electrons. The van der Waals surface area contributed by atoms with Gasteiger partial charge in [0.2, 0.25) is 0 Å². The maximum atomic E-state index is 12.6. The number of ether oxygens (including phenoxy) is 1. The van der Waals surface area contributed by atoms with E-state index in [0.29, 0.717) is 5.75 Å². The number of hydrogen-bond donors (Lipinski definition) is 1. The Bertz CT molecular complexity index is 1150. The quantitative estimate of drug-likeness (QED) is 0.512. The Morgan fingerprint density at radius 1 is 1.10 bits per heavy atom. The van der Waals surface area contributed by atoms with Gasteiger partial charge in [0.15, 0.2) is 6.61 Å². The minimum Gasteiger partial charge on any atom is -0.484 e. The van der Waals surface area contributed by atoms with Gasteiger partial charge < -0.3 is 14.6 Å². The number of carbonyl (C=O) groups is 1. The molecule has 0 bridgehead atoms. The summed E-state index contributed by atoms with van der Waals surface area (Å²) in [5.41, 5.74) is 2.81. The number of nitrogens with zero attached hydrogens (tertiary/aromatic N) is 5. The summed E-state index contributed by atoms with van der Waals surface area (Å²) in [6.07, 6.45) is 3.21. The molecule has 4 rings (SSSR count). The molecule has 1 amide bonds. The molecule has 0 spiro atoms. The van der Waals surface area contributed by atoms with Gasteiger partial charge in [0, 0.05) is 13.1 Å². The van der Waals surface area contributed by atoms with Gasteiger partial charge in [-0.15, -0.1) is 10.2 Å². The first-order valence-corrected chi connectivity index (χ1v) is 9.81. The highest BCUT2D eigenvalue weighted by Gasteiger charge is 2.24. The second-order valence-corrected chi connectivity index (χ2v) is 7.46. The highest BCUT2D eigenvalue weighted by atomic mass is 16.5. The minimum atomic E-state index is -0.221. The van der Waals surface area contributed by atoms with Crippen LogP contribution in [0.25, 0.3) is 16.7 Å². The Morgan fingerprint density at radius 2 is 1.87 bits per heavy atom. The van der Waals surface area contributed by atoms with E-state index in [1.54, 1.807) is 17.2 Å². The summed E-state index contributed by atoms with van der Waals surface area (Å²) >= 11 is 0. The average molecular weight is 404 g/mol. The zero-order valence-corrected chi connectivity index (χ0v) is 17.2. The van der Waals surface area contributed by atoms with Crippen LogP contribution in [0, 0.1) is 5.92 Å². The van der Waals surface area contributed by atoms with Crippen LogP contribution in [0.1, 0.15) is 25.7 Å². The molecule has 0 fully saturated rings. The van der Waals surface area contributed by atoms with Crippen molar-refractivity contribution in [1.82, 2.24) is 29.6 Å². The smallest absolute Gasteiger partial charge is 0.258 e. The highest BCUT2D eigenvalue weighted by Crippen LogP contribution is 2.25. The average Bonchev–Trinajstić information content (AvgIpc) is 3.40. The summed E-state index contributed by atoms with van der Waals surface area (Å²) in [6, 6.07) is 15.1. The fourth-order valence-electron chi connectivity index (χ4n) is 3.40. The van der Waals surface area contributed by atoms with Crippen molar-refractivity contribution in [2.45, 2.75) is 19.9 Å². The van der Waals surface area contributed by atoms with Crippen molar-refractivity contribution in [3.63, 3.8) is 0 Å². The van der Waals surface area contributed by atoms with E-state index in [1.807, 2.05) is 60.1 Å². The molecule has 0 aliphatic rings.